The molecule has 3 nitrogen and oxygen atoms in total. The van der Waals surface area contributed by atoms with Gasteiger partial charge in [0, 0.05) is 19.5 Å². The van der Waals surface area contributed by atoms with E-state index >= 15 is 0 Å². The van der Waals surface area contributed by atoms with Gasteiger partial charge < -0.3 is 0 Å². The fraction of sp³-hybridized carbons (Fsp3) is 0.538. The first-order valence-electron chi connectivity index (χ1n) is 5.90. The number of alkyl halides is 1. The van der Waals surface area contributed by atoms with E-state index in [2.05, 4.69) is 13.8 Å². The zero-order valence-corrected chi connectivity index (χ0v) is 12.8. The summed E-state index contributed by atoms with van der Waals surface area (Å²) >= 11 is 6.20. The van der Waals surface area contributed by atoms with Crippen molar-refractivity contribution in [1.29, 1.82) is 0 Å². The summed E-state index contributed by atoms with van der Waals surface area (Å²) < 4.78 is 25.0. The van der Waals surface area contributed by atoms with Crippen LogP contribution >= 0.6 is 11.6 Å². The summed E-state index contributed by atoms with van der Waals surface area (Å²) in [6.07, 6.45) is 0.752. The lowest BCUT2D eigenvalue weighted by molar-refractivity contribution is 0.520. The topological polar surface area (TPSA) is 37.4 Å². The molecular formula is C13H20ClNO2S. The maximum absolute atomic E-state index is 11.9. The van der Waals surface area contributed by atoms with Crippen LogP contribution in [-0.4, -0.2) is 32.2 Å². The van der Waals surface area contributed by atoms with Gasteiger partial charge in [-0.2, -0.15) is 0 Å². The standard InChI is InChI=1S/C13H20ClNO2S/c1-10(2)13(14)9-11-5-7-12(8-6-11)18(16,17)15(3)4/h5-8,10,13H,9H2,1-4H3. The molecule has 0 aliphatic carbocycles. The first kappa shape index (κ1) is 15.5. The van der Waals surface area contributed by atoms with Crippen LogP contribution in [0.1, 0.15) is 19.4 Å². The van der Waals surface area contributed by atoms with Gasteiger partial charge in [0.05, 0.1) is 4.90 Å². The lowest BCUT2D eigenvalue weighted by Crippen LogP contribution is -2.22. The summed E-state index contributed by atoms with van der Waals surface area (Å²) in [4.78, 5) is 0.312. The third-order valence-electron chi connectivity index (χ3n) is 2.86. The van der Waals surface area contributed by atoms with E-state index in [1.807, 2.05) is 12.1 Å². The largest absolute Gasteiger partial charge is 0.242 e. The fourth-order valence-corrected chi connectivity index (χ4v) is 2.55. The SMILES string of the molecule is CC(C)C(Cl)Cc1ccc(S(=O)(=O)N(C)C)cc1. The average molecular weight is 290 g/mol. The van der Waals surface area contributed by atoms with Gasteiger partial charge in [0.1, 0.15) is 0 Å². The van der Waals surface area contributed by atoms with Gasteiger partial charge in [-0.05, 0) is 30.0 Å². The first-order chi connectivity index (χ1) is 8.25. The Hall–Kier alpha value is -0.580. The number of halogens is 1. The molecule has 0 aromatic heterocycles. The predicted octanol–water partition coefficient (Wildman–Crippen LogP) is 2.74. The van der Waals surface area contributed by atoms with Crippen molar-refractivity contribution in [3.63, 3.8) is 0 Å². The van der Waals surface area contributed by atoms with E-state index in [4.69, 9.17) is 11.6 Å². The van der Waals surface area contributed by atoms with E-state index in [-0.39, 0.29) is 5.38 Å². The summed E-state index contributed by atoms with van der Waals surface area (Å²) in [7, 11) is -0.289. The summed E-state index contributed by atoms with van der Waals surface area (Å²) in [5.41, 5.74) is 1.06. The van der Waals surface area contributed by atoms with E-state index in [0.717, 1.165) is 12.0 Å². The molecule has 0 N–H and O–H groups in total. The maximum Gasteiger partial charge on any atom is 0.242 e. The minimum Gasteiger partial charge on any atom is -0.207 e. The fourth-order valence-electron chi connectivity index (χ4n) is 1.47. The highest BCUT2D eigenvalue weighted by Gasteiger charge is 2.17. The molecule has 0 bridgehead atoms. The maximum atomic E-state index is 11.9. The summed E-state index contributed by atoms with van der Waals surface area (Å²) in [6.45, 7) is 4.14. The third-order valence-corrected chi connectivity index (χ3v) is 5.34. The summed E-state index contributed by atoms with van der Waals surface area (Å²) in [6, 6.07) is 6.92. The molecule has 1 atom stereocenters. The molecule has 0 saturated carbocycles. The van der Waals surface area contributed by atoms with Gasteiger partial charge in [-0.3, -0.25) is 0 Å². The summed E-state index contributed by atoms with van der Waals surface area (Å²) in [5.74, 6) is 0.400. The number of hydrogen-bond acceptors (Lipinski definition) is 2. The molecule has 102 valence electrons. The van der Waals surface area contributed by atoms with Crippen LogP contribution in [-0.2, 0) is 16.4 Å². The second kappa shape index (κ2) is 6.04. The number of nitrogens with zero attached hydrogens (tertiary/aromatic N) is 1. The van der Waals surface area contributed by atoms with Gasteiger partial charge in [0.2, 0.25) is 10.0 Å². The van der Waals surface area contributed by atoms with E-state index in [9.17, 15) is 8.42 Å². The van der Waals surface area contributed by atoms with Gasteiger partial charge >= 0.3 is 0 Å². The van der Waals surface area contributed by atoms with Crippen molar-refractivity contribution in [1.82, 2.24) is 4.31 Å². The molecule has 1 aromatic carbocycles. The Morgan fingerprint density at radius 1 is 1.17 bits per heavy atom. The smallest absolute Gasteiger partial charge is 0.207 e. The molecule has 0 amide bonds. The van der Waals surface area contributed by atoms with Crippen LogP contribution in [0.2, 0.25) is 0 Å². The van der Waals surface area contributed by atoms with Crippen LogP contribution in [0.15, 0.2) is 29.2 Å². The van der Waals surface area contributed by atoms with Crippen molar-refractivity contribution in [2.24, 2.45) is 5.92 Å². The normalized spacial score (nSPS) is 14.2. The molecule has 0 saturated heterocycles. The Kier molecular flexibility index (Phi) is 5.20. The predicted molar refractivity (Wildman–Crippen MR) is 75.5 cm³/mol. The third kappa shape index (κ3) is 3.70. The molecule has 5 heteroatoms. The molecule has 18 heavy (non-hydrogen) atoms. The zero-order valence-electron chi connectivity index (χ0n) is 11.2. The van der Waals surface area contributed by atoms with Gasteiger partial charge in [-0.15, -0.1) is 11.6 Å². The van der Waals surface area contributed by atoms with Crippen LogP contribution in [0.3, 0.4) is 0 Å². The van der Waals surface area contributed by atoms with Gasteiger partial charge in [0.25, 0.3) is 0 Å². The van der Waals surface area contributed by atoms with Crippen LogP contribution < -0.4 is 0 Å². The Morgan fingerprint density at radius 3 is 2.06 bits per heavy atom. The molecule has 0 aliphatic heterocycles. The molecule has 0 aliphatic rings. The molecule has 1 aromatic rings. The van der Waals surface area contributed by atoms with E-state index in [0.29, 0.717) is 10.8 Å². The molecule has 0 fully saturated rings. The Bertz CT molecular complexity index is 480. The van der Waals surface area contributed by atoms with Crippen molar-refractivity contribution < 1.29 is 8.42 Å². The van der Waals surface area contributed by atoms with Gasteiger partial charge in [-0.1, -0.05) is 26.0 Å². The monoisotopic (exact) mass is 289 g/mol. The van der Waals surface area contributed by atoms with Gasteiger partial charge in [0.15, 0.2) is 0 Å². The quantitative estimate of drug-likeness (QED) is 0.782. The van der Waals surface area contributed by atoms with Crippen LogP contribution in [0.25, 0.3) is 0 Å². The van der Waals surface area contributed by atoms with Crippen molar-refractivity contribution in [2.75, 3.05) is 14.1 Å². The number of benzene rings is 1. The second-order valence-electron chi connectivity index (χ2n) is 4.90. The van der Waals surface area contributed by atoms with E-state index in [1.54, 1.807) is 12.1 Å². The van der Waals surface area contributed by atoms with Gasteiger partial charge in [-0.25, -0.2) is 12.7 Å². The molecule has 1 rings (SSSR count). The van der Waals surface area contributed by atoms with E-state index < -0.39 is 10.0 Å². The highest BCUT2D eigenvalue weighted by Crippen LogP contribution is 2.18. The molecule has 0 radical (unpaired) electrons. The molecule has 1 unspecified atom stereocenters. The lowest BCUT2D eigenvalue weighted by Gasteiger charge is -2.14. The Labute approximate surface area is 115 Å². The van der Waals surface area contributed by atoms with Crippen molar-refractivity contribution in [3.8, 4) is 0 Å². The number of rotatable bonds is 5. The van der Waals surface area contributed by atoms with Crippen LogP contribution in [0, 0.1) is 5.92 Å². The number of sulfonamides is 1. The highest BCUT2D eigenvalue weighted by atomic mass is 35.5. The first-order valence-corrected chi connectivity index (χ1v) is 7.78. The second-order valence-corrected chi connectivity index (χ2v) is 7.61. The molecule has 0 spiro atoms. The van der Waals surface area contributed by atoms with Crippen molar-refractivity contribution in [3.05, 3.63) is 29.8 Å². The Morgan fingerprint density at radius 2 is 1.67 bits per heavy atom. The zero-order chi connectivity index (χ0) is 13.9. The van der Waals surface area contributed by atoms with Crippen molar-refractivity contribution in [2.45, 2.75) is 30.5 Å². The number of hydrogen-bond donors (Lipinski definition) is 0. The molecular weight excluding hydrogens is 270 g/mol. The van der Waals surface area contributed by atoms with Crippen LogP contribution in [0.5, 0.6) is 0 Å². The van der Waals surface area contributed by atoms with E-state index in [1.165, 1.54) is 18.4 Å². The van der Waals surface area contributed by atoms with Crippen LogP contribution in [0.4, 0.5) is 0 Å². The molecule has 0 heterocycles. The minimum absolute atomic E-state index is 0.0707. The Balaban J connectivity index is 2.88. The average Bonchev–Trinajstić information content (AvgIpc) is 2.29. The minimum atomic E-state index is -3.34. The van der Waals surface area contributed by atoms with Crippen molar-refractivity contribution >= 4 is 21.6 Å². The lowest BCUT2D eigenvalue weighted by atomic mass is 10.0. The highest BCUT2D eigenvalue weighted by molar-refractivity contribution is 7.89. The summed E-state index contributed by atoms with van der Waals surface area (Å²) in [5, 5.41) is 0.0707.